The van der Waals surface area contributed by atoms with Crippen LogP contribution in [0.15, 0.2) is 36.4 Å². The first-order valence-electron chi connectivity index (χ1n) is 6.85. The Morgan fingerprint density at radius 1 is 1.30 bits per heavy atom. The van der Waals surface area contributed by atoms with Crippen LogP contribution in [0.4, 0.5) is 11.5 Å². The molecule has 1 aromatic carbocycles. The van der Waals surface area contributed by atoms with Gasteiger partial charge in [0.1, 0.15) is 17.6 Å². The van der Waals surface area contributed by atoms with Gasteiger partial charge >= 0.3 is 0 Å². The van der Waals surface area contributed by atoms with E-state index in [2.05, 4.69) is 10.3 Å². The van der Waals surface area contributed by atoms with Crippen molar-refractivity contribution in [3.05, 3.63) is 62.8 Å². The molecule has 0 aliphatic rings. The minimum absolute atomic E-state index is 0.0886. The van der Waals surface area contributed by atoms with Gasteiger partial charge < -0.3 is 15.5 Å². The molecule has 0 spiro atoms. The van der Waals surface area contributed by atoms with E-state index >= 15 is 0 Å². The fourth-order valence-electron chi connectivity index (χ4n) is 2.13. The monoisotopic (exact) mass is 337 g/mol. The summed E-state index contributed by atoms with van der Waals surface area (Å²) in [5, 5.41) is 34.1. The van der Waals surface area contributed by atoms with Gasteiger partial charge in [0.2, 0.25) is 0 Å². The molecule has 0 saturated carbocycles. The molecule has 2 rings (SSSR count). The Bertz CT molecular complexity index is 694. The summed E-state index contributed by atoms with van der Waals surface area (Å²) >= 11 is 5.81. The average Bonchev–Trinajstić information content (AvgIpc) is 2.52. The number of anilines is 1. The van der Waals surface area contributed by atoms with Crippen LogP contribution in [0.25, 0.3) is 0 Å². The van der Waals surface area contributed by atoms with Crippen LogP contribution in [0.5, 0.6) is 0 Å². The van der Waals surface area contributed by atoms with Crippen LogP contribution >= 0.6 is 11.6 Å². The van der Waals surface area contributed by atoms with E-state index in [0.29, 0.717) is 16.4 Å². The molecule has 2 aromatic rings. The van der Waals surface area contributed by atoms with E-state index in [0.717, 1.165) is 0 Å². The summed E-state index contributed by atoms with van der Waals surface area (Å²) in [5.74, 6) is 0.333. The van der Waals surface area contributed by atoms with Crippen LogP contribution in [0, 0.1) is 17.0 Å². The molecule has 0 bridgehead atoms. The lowest BCUT2D eigenvalue weighted by Crippen LogP contribution is -2.31. The van der Waals surface area contributed by atoms with Crippen molar-refractivity contribution in [3.63, 3.8) is 0 Å². The van der Waals surface area contributed by atoms with Crippen LogP contribution in [0.3, 0.4) is 0 Å². The van der Waals surface area contributed by atoms with Gasteiger partial charge in [-0.2, -0.15) is 0 Å². The van der Waals surface area contributed by atoms with Crippen LogP contribution in [-0.2, 0) is 0 Å². The highest BCUT2D eigenvalue weighted by molar-refractivity contribution is 6.30. The third-order valence-electron chi connectivity index (χ3n) is 3.38. The topological polar surface area (TPSA) is 109 Å². The smallest absolute Gasteiger partial charge is 0.290 e. The maximum Gasteiger partial charge on any atom is 0.290 e. The SMILES string of the molecule is Cc1nc(N[C@H](CO)[C@H](O)c2ccc(Cl)cc2)ccc1[N+](=O)[O-]. The number of pyridine rings is 1. The van der Waals surface area contributed by atoms with Crippen LogP contribution in [0.2, 0.25) is 5.02 Å². The van der Waals surface area contributed by atoms with Gasteiger partial charge in [-0.3, -0.25) is 10.1 Å². The lowest BCUT2D eigenvalue weighted by molar-refractivity contribution is -0.385. The summed E-state index contributed by atoms with van der Waals surface area (Å²) in [6.07, 6.45) is -0.991. The normalized spacial score (nSPS) is 13.4. The molecule has 1 heterocycles. The molecule has 0 fully saturated rings. The second-order valence-electron chi connectivity index (χ2n) is 4.99. The van der Waals surface area contributed by atoms with Crippen molar-refractivity contribution in [1.29, 1.82) is 0 Å². The van der Waals surface area contributed by atoms with E-state index in [1.807, 2.05) is 0 Å². The number of aliphatic hydroxyl groups excluding tert-OH is 2. The van der Waals surface area contributed by atoms with Crippen molar-refractivity contribution in [2.45, 2.75) is 19.1 Å². The summed E-state index contributed by atoms with van der Waals surface area (Å²) in [6, 6.07) is 8.64. The predicted octanol–water partition coefficient (Wildman–Crippen LogP) is 2.46. The van der Waals surface area contributed by atoms with Crippen molar-refractivity contribution in [2.75, 3.05) is 11.9 Å². The summed E-state index contributed by atoms with van der Waals surface area (Å²) in [5.41, 5.74) is 0.742. The van der Waals surface area contributed by atoms with Crippen molar-refractivity contribution in [1.82, 2.24) is 4.98 Å². The first-order valence-corrected chi connectivity index (χ1v) is 7.23. The standard InChI is InChI=1S/C15H16ClN3O4/c1-9-13(19(22)23)6-7-14(17-9)18-12(8-20)15(21)10-2-4-11(16)5-3-10/h2-7,12,15,20-21H,8H2,1H3,(H,17,18)/t12-,15-/m1/s1. The Morgan fingerprint density at radius 3 is 2.48 bits per heavy atom. The number of rotatable bonds is 6. The fraction of sp³-hybridized carbons (Fsp3) is 0.267. The molecule has 2 atom stereocenters. The molecule has 1 aromatic heterocycles. The fourth-order valence-corrected chi connectivity index (χ4v) is 2.26. The molecule has 122 valence electrons. The van der Waals surface area contributed by atoms with E-state index in [9.17, 15) is 20.3 Å². The van der Waals surface area contributed by atoms with E-state index in [4.69, 9.17) is 11.6 Å². The molecule has 23 heavy (non-hydrogen) atoms. The largest absolute Gasteiger partial charge is 0.394 e. The second-order valence-corrected chi connectivity index (χ2v) is 5.42. The Balaban J connectivity index is 2.17. The van der Waals surface area contributed by atoms with Gasteiger partial charge in [-0.15, -0.1) is 0 Å². The Morgan fingerprint density at radius 2 is 1.96 bits per heavy atom. The highest BCUT2D eigenvalue weighted by Gasteiger charge is 2.21. The third kappa shape index (κ3) is 4.16. The molecule has 0 amide bonds. The summed E-state index contributed by atoms with van der Waals surface area (Å²) in [4.78, 5) is 14.3. The zero-order chi connectivity index (χ0) is 17.0. The van der Waals surface area contributed by atoms with Crippen molar-refractivity contribution >= 4 is 23.1 Å². The minimum Gasteiger partial charge on any atom is -0.394 e. The maximum atomic E-state index is 10.8. The Hall–Kier alpha value is -2.22. The maximum absolute atomic E-state index is 10.8. The van der Waals surface area contributed by atoms with Crippen molar-refractivity contribution in [2.24, 2.45) is 0 Å². The lowest BCUT2D eigenvalue weighted by atomic mass is 10.0. The number of nitrogens with one attached hydrogen (secondary N) is 1. The van der Waals surface area contributed by atoms with E-state index in [1.165, 1.54) is 19.1 Å². The summed E-state index contributed by atoms with van der Waals surface area (Å²) in [6.45, 7) is 1.17. The Kier molecular flexibility index (Phi) is 5.49. The molecule has 0 aliphatic heterocycles. The molecule has 0 radical (unpaired) electrons. The van der Waals surface area contributed by atoms with E-state index < -0.39 is 17.1 Å². The zero-order valence-corrected chi connectivity index (χ0v) is 13.1. The third-order valence-corrected chi connectivity index (χ3v) is 3.63. The number of aromatic nitrogens is 1. The van der Waals surface area contributed by atoms with Gasteiger partial charge in [-0.1, -0.05) is 23.7 Å². The zero-order valence-electron chi connectivity index (χ0n) is 12.3. The predicted molar refractivity (Wildman–Crippen MR) is 86.5 cm³/mol. The lowest BCUT2D eigenvalue weighted by Gasteiger charge is -2.23. The van der Waals surface area contributed by atoms with Crippen molar-refractivity contribution < 1.29 is 15.1 Å². The summed E-state index contributed by atoms with van der Waals surface area (Å²) in [7, 11) is 0. The van der Waals surface area contributed by atoms with Gasteiger partial charge in [0.15, 0.2) is 0 Å². The molecular formula is C15H16ClN3O4. The average molecular weight is 338 g/mol. The minimum atomic E-state index is -0.991. The van der Waals surface area contributed by atoms with Gasteiger partial charge in [-0.25, -0.2) is 4.98 Å². The number of nitro groups is 1. The number of halogens is 1. The molecule has 8 heteroatoms. The van der Waals surface area contributed by atoms with Crippen LogP contribution in [0.1, 0.15) is 17.4 Å². The van der Waals surface area contributed by atoms with E-state index in [1.54, 1.807) is 24.3 Å². The second kappa shape index (κ2) is 7.36. The number of nitrogens with zero attached hydrogens (tertiary/aromatic N) is 2. The number of aryl methyl sites for hydroxylation is 1. The number of aliphatic hydroxyl groups is 2. The molecule has 7 nitrogen and oxygen atoms in total. The van der Waals surface area contributed by atoms with Gasteiger partial charge in [-0.05, 0) is 30.7 Å². The number of hydrogen-bond acceptors (Lipinski definition) is 6. The van der Waals surface area contributed by atoms with Gasteiger partial charge in [0.25, 0.3) is 5.69 Å². The first kappa shape index (κ1) is 17.1. The van der Waals surface area contributed by atoms with Crippen LogP contribution in [-0.4, -0.2) is 32.8 Å². The molecule has 0 unspecified atom stereocenters. The van der Waals surface area contributed by atoms with Crippen molar-refractivity contribution in [3.8, 4) is 0 Å². The molecule has 0 aliphatic carbocycles. The highest BCUT2D eigenvalue weighted by Crippen LogP contribution is 2.23. The highest BCUT2D eigenvalue weighted by atomic mass is 35.5. The Labute approximate surface area is 137 Å². The molecule has 0 saturated heterocycles. The van der Waals surface area contributed by atoms with E-state index in [-0.39, 0.29) is 18.0 Å². The van der Waals surface area contributed by atoms with Crippen LogP contribution < -0.4 is 5.32 Å². The van der Waals surface area contributed by atoms with Gasteiger partial charge in [0.05, 0.1) is 17.6 Å². The summed E-state index contributed by atoms with van der Waals surface area (Å²) < 4.78 is 0. The molecule has 3 N–H and O–H groups in total. The molecular weight excluding hydrogens is 322 g/mol. The number of hydrogen-bond donors (Lipinski definition) is 3. The number of benzene rings is 1. The van der Waals surface area contributed by atoms with Gasteiger partial charge in [0, 0.05) is 11.1 Å². The first-order chi connectivity index (χ1) is 10.9. The quantitative estimate of drug-likeness (QED) is 0.552.